The van der Waals surface area contributed by atoms with E-state index in [0.717, 1.165) is 0 Å². The van der Waals surface area contributed by atoms with Gasteiger partial charge in [0.1, 0.15) is 17.4 Å². The molecule has 1 aliphatic carbocycles. The lowest BCUT2D eigenvalue weighted by molar-refractivity contribution is 0.0887. The van der Waals surface area contributed by atoms with Gasteiger partial charge in [0.2, 0.25) is 0 Å². The van der Waals surface area contributed by atoms with E-state index in [1.165, 1.54) is 0 Å². The Morgan fingerprint density at radius 1 is 1.06 bits per heavy atom. The molecule has 0 atom stereocenters. The Kier molecular flexibility index (Phi) is 2.20. The minimum absolute atomic E-state index is 0.188. The summed E-state index contributed by atoms with van der Waals surface area (Å²) < 4.78 is 5.31. The minimum Gasteiger partial charge on any atom is -0.446 e. The maximum atomic E-state index is 12.3. The van der Waals surface area contributed by atoms with E-state index < -0.39 is 5.92 Å². The van der Waals surface area contributed by atoms with Gasteiger partial charge in [0.05, 0.1) is 0 Å². The molecule has 0 unspecified atom stereocenters. The lowest BCUT2D eigenvalue weighted by Gasteiger charge is -2.02. The Morgan fingerprint density at radius 3 is 2.06 bits per heavy atom. The number of fused-ring (bicyclic) bond motifs is 1. The Labute approximate surface area is 104 Å². The van der Waals surface area contributed by atoms with Gasteiger partial charge in [0, 0.05) is 18.1 Å². The summed E-state index contributed by atoms with van der Waals surface area (Å²) >= 11 is 0. The van der Waals surface area contributed by atoms with Crippen LogP contribution in [0.4, 0.5) is 0 Å². The molecule has 0 spiro atoms. The van der Waals surface area contributed by atoms with Crippen LogP contribution in [0, 0.1) is 13.8 Å². The SMILES string of the molecule is Cc1nc(C2C(=O)c3ccccc3C2=O)c(C)o1. The molecule has 4 heteroatoms. The van der Waals surface area contributed by atoms with E-state index in [9.17, 15) is 9.59 Å². The van der Waals surface area contributed by atoms with Crippen LogP contribution in [0.3, 0.4) is 0 Å². The van der Waals surface area contributed by atoms with Crippen LogP contribution in [-0.4, -0.2) is 16.6 Å². The highest BCUT2D eigenvalue weighted by atomic mass is 16.4. The number of ketones is 2. The standard InChI is InChI=1S/C14H11NO3/c1-7-12(15-8(2)18-7)11-13(16)9-5-3-4-6-10(9)14(11)17/h3-6,11H,1-2H3. The van der Waals surface area contributed by atoms with Crippen molar-refractivity contribution in [2.75, 3.05) is 0 Å². The topological polar surface area (TPSA) is 60.2 Å². The van der Waals surface area contributed by atoms with E-state index in [2.05, 4.69) is 4.98 Å². The van der Waals surface area contributed by atoms with Gasteiger partial charge in [0.25, 0.3) is 0 Å². The maximum absolute atomic E-state index is 12.3. The summed E-state index contributed by atoms with van der Waals surface area (Å²) in [5, 5.41) is 0. The zero-order valence-electron chi connectivity index (χ0n) is 10.1. The third-order valence-corrected chi connectivity index (χ3v) is 3.20. The average Bonchev–Trinajstić information content (AvgIpc) is 2.79. The second-order valence-electron chi connectivity index (χ2n) is 4.38. The molecule has 0 amide bonds. The van der Waals surface area contributed by atoms with Gasteiger partial charge in [0.15, 0.2) is 17.5 Å². The molecule has 18 heavy (non-hydrogen) atoms. The number of carbonyl (C=O) groups excluding carboxylic acids is 2. The van der Waals surface area contributed by atoms with Crippen LogP contribution in [0.25, 0.3) is 0 Å². The van der Waals surface area contributed by atoms with Crippen molar-refractivity contribution in [3.63, 3.8) is 0 Å². The van der Waals surface area contributed by atoms with Crippen LogP contribution < -0.4 is 0 Å². The van der Waals surface area contributed by atoms with Crippen LogP contribution in [-0.2, 0) is 0 Å². The van der Waals surface area contributed by atoms with Crippen LogP contribution >= 0.6 is 0 Å². The number of carbonyl (C=O) groups is 2. The van der Waals surface area contributed by atoms with E-state index in [4.69, 9.17) is 4.42 Å². The van der Waals surface area contributed by atoms with Gasteiger partial charge in [-0.3, -0.25) is 9.59 Å². The fraction of sp³-hybridized carbons (Fsp3) is 0.214. The summed E-state index contributed by atoms with van der Waals surface area (Å²) in [4.78, 5) is 28.7. The summed E-state index contributed by atoms with van der Waals surface area (Å²) in [6, 6.07) is 6.87. The lowest BCUT2D eigenvalue weighted by atomic mass is 9.99. The number of benzene rings is 1. The Hall–Kier alpha value is -2.23. The molecule has 1 heterocycles. The molecule has 1 aliphatic rings. The molecule has 2 aromatic rings. The van der Waals surface area contributed by atoms with Gasteiger partial charge in [-0.25, -0.2) is 4.98 Å². The molecule has 1 aromatic heterocycles. The van der Waals surface area contributed by atoms with Crippen molar-refractivity contribution in [3.8, 4) is 0 Å². The maximum Gasteiger partial charge on any atom is 0.191 e. The molecule has 0 saturated heterocycles. The largest absolute Gasteiger partial charge is 0.446 e. The van der Waals surface area contributed by atoms with Crippen LogP contribution in [0.1, 0.15) is 44.0 Å². The van der Waals surface area contributed by atoms with Crippen molar-refractivity contribution < 1.29 is 14.0 Å². The molecule has 0 bridgehead atoms. The van der Waals surface area contributed by atoms with Crippen LogP contribution in [0.2, 0.25) is 0 Å². The van der Waals surface area contributed by atoms with Gasteiger partial charge < -0.3 is 4.42 Å². The van der Waals surface area contributed by atoms with E-state index >= 15 is 0 Å². The lowest BCUT2D eigenvalue weighted by Crippen LogP contribution is -2.14. The molecule has 0 N–H and O–H groups in total. The number of aromatic nitrogens is 1. The first-order valence-electron chi connectivity index (χ1n) is 5.71. The number of hydrogen-bond acceptors (Lipinski definition) is 4. The fourth-order valence-corrected chi connectivity index (χ4v) is 2.40. The number of Topliss-reactive ketones (excluding diaryl/α,β-unsaturated/α-hetero) is 2. The second-order valence-corrected chi connectivity index (χ2v) is 4.38. The van der Waals surface area contributed by atoms with E-state index in [-0.39, 0.29) is 11.6 Å². The number of hydrogen-bond donors (Lipinski definition) is 0. The van der Waals surface area contributed by atoms with Crippen molar-refractivity contribution in [2.24, 2.45) is 0 Å². The monoisotopic (exact) mass is 241 g/mol. The van der Waals surface area contributed by atoms with Crippen molar-refractivity contribution in [1.82, 2.24) is 4.98 Å². The van der Waals surface area contributed by atoms with E-state index in [1.807, 2.05) is 0 Å². The normalized spacial score (nSPS) is 15.2. The minimum atomic E-state index is -0.833. The van der Waals surface area contributed by atoms with E-state index in [1.54, 1.807) is 38.1 Å². The molecule has 0 aliphatic heterocycles. The molecule has 0 radical (unpaired) electrons. The highest BCUT2D eigenvalue weighted by molar-refractivity contribution is 6.29. The van der Waals surface area contributed by atoms with E-state index in [0.29, 0.717) is 28.5 Å². The molecule has 0 saturated carbocycles. The molecule has 4 nitrogen and oxygen atoms in total. The van der Waals surface area contributed by atoms with Gasteiger partial charge in [-0.1, -0.05) is 24.3 Å². The van der Waals surface area contributed by atoms with Crippen molar-refractivity contribution in [3.05, 3.63) is 52.7 Å². The molecule has 1 aromatic carbocycles. The number of oxazole rings is 1. The van der Waals surface area contributed by atoms with Gasteiger partial charge in [-0.15, -0.1) is 0 Å². The smallest absolute Gasteiger partial charge is 0.191 e. The summed E-state index contributed by atoms with van der Waals surface area (Å²) in [6.45, 7) is 3.42. The summed E-state index contributed by atoms with van der Waals surface area (Å²) in [5.41, 5.74) is 1.40. The summed E-state index contributed by atoms with van der Waals surface area (Å²) in [6.07, 6.45) is 0. The Bertz CT molecular complexity index is 634. The van der Waals surface area contributed by atoms with Gasteiger partial charge in [-0.2, -0.15) is 0 Å². The number of rotatable bonds is 1. The summed E-state index contributed by atoms with van der Waals surface area (Å²) in [7, 11) is 0. The highest BCUT2D eigenvalue weighted by Crippen LogP contribution is 2.34. The van der Waals surface area contributed by atoms with Crippen molar-refractivity contribution in [1.29, 1.82) is 0 Å². The first kappa shape index (κ1) is 10.9. The van der Waals surface area contributed by atoms with Gasteiger partial charge in [-0.05, 0) is 6.92 Å². The fourth-order valence-electron chi connectivity index (χ4n) is 2.40. The zero-order valence-corrected chi connectivity index (χ0v) is 10.1. The third kappa shape index (κ3) is 1.35. The van der Waals surface area contributed by atoms with Gasteiger partial charge >= 0.3 is 0 Å². The zero-order chi connectivity index (χ0) is 12.9. The average molecular weight is 241 g/mol. The molecular formula is C14H11NO3. The summed E-state index contributed by atoms with van der Waals surface area (Å²) in [5.74, 6) is -0.204. The molecular weight excluding hydrogens is 230 g/mol. The predicted molar refractivity (Wildman–Crippen MR) is 63.8 cm³/mol. The Morgan fingerprint density at radius 2 is 1.61 bits per heavy atom. The molecule has 0 fully saturated rings. The highest BCUT2D eigenvalue weighted by Gasteiger charge is 2.41. The number of nitrogens with zero attached hydrogens (tertiary/aromatic N) is 1. The second kappa shape index (κ2) is 3.63. The van der Waals surface area contributed by atoms with Crippen LogP contribution in [0.15, 0.2) is 28.7 Å². The quantitative estimate of drug-likeness (QED) is 0.719. The first-order chi connectivity index (χ1) is 8.59. The molecule has 90 valence electrons. The van der Waals surface area contributed by atoms with Crippen molar-refractivity contribution in [2.45, 2.75) is 19.8 Å². The third-order valence-electron chi connectivity index (χ3n) is 3.20. The molecule has 3 rings (SSSR count). The first-order valence-corrected chi connectivity index (χ1v) is 5.71. The van der Waals surface area contributed by atoms with Crippen LogP contribution in [0.5, 0.6) is 0 Å². The van der Waals surface area contributed by atoms with Crippen molar-refractivity contribution >= 4 is 11.6 Å². The number of aryl methyl sites for hydroxylation is 2. The Balaban J connectivity index is 2.15. The predicted octanol–water partition coefficient (Wildman–Crippen LogP) is 2.45.